The third kappa shape index (κ3) is 2.99. The van der Waals surface area contributed by atoms with E-state index >= 15 is 0 Å². The molecule has 1 saturated heterocycles. The van der Waals surface area contributed by atoms with E-state index in [9.17, 15) is 9.18 Å². The van der Waals surface area contributed by atoms with Crippen LogP contribution < -0.4 is 5.43 Å². The number of hydrogen-bond acceptors (Lipinski definition) is 3. The third-order valence-electron chi connectivity index (χ3n) is 4.08. The Morgan fingerprint density at radius 1 is 1.43 bits per heavy atom. The SMILES string of the molecule is COC[C@@H]1CCCN1Cc1cc(=O)c2cc(F)ccc2[nH]1. The van der Waals surface area contributed by atoms with E-state index in [0.29, 0.717) is 30.1 Å². The average Bonchev–Trinajstić information content (AvgIpc) is 2.88. The summed E-state index contributed by atoms with van der Waals surface area (Å²) in [6, 6.07) is 6.24. The van der Waals surface area contributed by atoms with Gasteiger partial charge in [-0.3, -0.25) is 9.69 Å². The first kappa shape index (κ1) is 14.2. The van der Waals surface area contributed by atoms with Gasteiger partial charge in [-0.15, -0.1) is 0 Å². The molecule has 0 amide bonds. The number of fused-ring (bicyclic) bond motifs is 1. The van der Waals surface area contributed by atoms with E-state index in [1.165, 1.54) is 12.1 Å². The Bertz CT molecular complexity index is 698. The number of aromatic nitrogens is 1. The van der Waals surface area contributed by atoms with Crippen molar-refractivity contribution < 1.29 is 9.13 Å². The summed E-state index contributed by atoms with van der Waals surface area (Å²) in [6.07, 6.45) is 2.27. The van der Waals surface area contributed by atoms with Crippen molar-refractivity contribution in [3.8, 4) is 0 Å². The van der Waals surface area contributed by atoms with Crippen LogP contribution in [0.25, 0.3) is 10.9 Å². The highest BCUT2D eigenvalue weighted by Crippen LogP contribution is 2.20. The second-order valence-electron chi connectivity index (χ2n) is 5.57. The molecule has 3 rings (SSSR count). The number of nitrogens with one attached hydrogen (secondary N) is 1. The molecule has 4 nitrogen and oxygen atoms in total. The lowest BCUT2D eigenvalue weighted by atomic mass is 10.2. The van der Waals surface area contributed by atoms with Gasteiger partial charge in [0.05, 0.1) is 6.61 Å². The maximum atomic E-state index is 13.2. The number of benzene rings is 1. The third-order valence-corrected chi connectivity index (χ3v) is 4.08. The van der Waals surface area contributed by atoms with E-state index in [4.69, 9.17) is 4.74 Å². The highest BCUT2D eigenvalue weighted by Gasteiger charge is 2.24. The molecule has 0 unspecified atom stereocenters. The quantitative estimate of drug-likeness (QED) is 0.939. The zero-order valence-corrected chi connectivity index (χ0v) is 12.1. The fraction of sp³-hybridized carbons (Fsp3) is 0.438. The predicted octanol–water partition coefficient (Wildman–Crippen LogP) is 2.28. The minimum atomic E-state index is -0.388. The fourth-order valence-electron chi connectivity index (χ4n) is 3.06. The van der Waals surface area contributed by atoms with Crippen molar-refractivity contribution in [3.05, 3.63) is 46.0 Å². The second-order valence-corrected chi connectivity index (χ2v) is 5.57. The van der Waals surface area contributed by atoms with Gasteiger partial charge in [-0.25, -0.2) is 4.39 Å². The zero-order valence-electron chi connectivity index (χ0n) is 12.1. The van der Waals surface area contributed by atoms with Crippen LogP contribution in [0.3, 0.4) is 0 Å². The van der Waals surface area contributed by atoms with Gasteiger partial charge in [-0.1, -0.05) is 0 Å². The van der Waals surface area contributed by atoms with Gasteiger partial charge in [0.25, 0.3) is 0 Å². The highest BCUT2D eigenvalue weighted by atomic mass is 19.1. The molecule has 1 fully saturated rings. The average molecular weight is 290 g/mol. The minimum Gasteiger partial charge on any atom is -0.383 e. The van der Waals surface area contributed by atoms with E-state index in [1.807, 2.05) is 0 Å². The van der Waals surface area contributed by atoms with Gasteiger partial charge in [0, 0.05) is 42.4 Å². The zero-order chi connectivity index (χ0) is 14.8. The van der Waals surface area contributed by atoms with Crippen molar-refractivity contribution in [1.29, 1.82) is 0 Å². The van der Waals surface area contributed by atoms with Crippen LogP contribution in [-0.4, -0.2) is 36.2 Å². The summed E-state index contributed by atoms with van der Waals surface area (Å²) in [5.41, 5.74) is 1.41. The lowest BCUT2D eigenvalue weighted by Crippen LogP contribution is -2.32. The molecule has 0 radical (unpaired) electrons. The molecule has 0 saturated carbocycles. The van der Waals surface area contributed by atoms with E-state index in [0.717, 1.165) is 25.1 Å². The van der Waals surface area contributed by atoms with Crippen molar-refractivity contribution in [2.75, 3.05) is 20.3 Å². The molecule has 1 aliphatic heterocycles. The Balaban J connectivity index is 1.87. The molecule has 1 aromatic heterocycles. The molecule has 112 valence electrons. The lowest BCUT2D eigenvalue weighted by molar-refractivity contribution is 0.111. The van der Waals surface area contributed by atoms with Crippen LogP contribution >= 0.6 is 0 Å². The molecule has 1 atom stereocenters. The molecule has 2 aromatic rings. The van der Waals surface area contributed by atoms with E-state index in [-0.39, 0.29) is 11.2 Å². The topological polar surface area (TPSA) is 45.3 Å². The summed E-state index contributed by atoms with van der Waals surface area (Å²) in [6.45, 7) is 2.41. The van der Waals surface area contributed by atoms with Gasteiger partial charge in [0.1, 0.15) is 5.82 Å². The maximum Gasteiger partial charge on any atom is 0.189 e. The second kappa shape index (κ2) is 5.95. The molecule has 0 bridgehead atoms. The standard InChI is InChI=1S/C16H19FN2O2/c1-21-10-13-3-2-6-19(13)9-12-8-16(20)14-7-11(17)4-5-15(14)18-12/h4-5,7-8,13H,2-3,6,9-10H2,1H3,(H,18,20)/t13-/m0/s1. The molecule has 0 aliphatic carbocycles. The first-order chi connectivity index (χ1) is 10.2. The van der Waals surface area contributed by atoms with Crippen LogP contribution in [0.5, 0.6) is 0 Å². The number of H-pyrrole nitrogens is 1. The van der Waals surface area contributed by atoms with Crippen molar-refractivity contribution in [2.24, 2.45) is 0 Å². The number of ether oxygens (including phenoxy) is 1. The molecule has 2 heterocycles. The Labute approximate surface area is 122 Å². The van der Waals surface area contributed by atoms with Crippen LogP contribution in [0.4, 0.5) is 4.39 Å². The van der Waals surface area contributed by atoms with E-state index in [2.05, 4.69) is 9.88 Å². The molecule has 1 aromatic carbocycles. The van der Waals surface area contributed by atoms with Crippen LogP contribution in [0.15, 0.2) is 29.1 Å². The number of methoxy groups -OCH3 is 1. The number of pyridine rings is 1. The summed E-state index contributed by atoms with van der Waals surface area (Å²) in [5, 5.41) is 0.397. The van der Waals surface area contributed by atoms with E-state index < -0.39 is 0 Å². The number of halogens is 1. The summed E-state index contributed by atoms with van der Waals surface area (Å²) in [5.74, 6) is -0.388. The van der Waals surface area contributed by atoms with Crippen LogP contribution in [0.2, 0.25) is 0 Å². The summed E-state index contributed by atoms with van der Waals surface area (Å²) < 4.78 is 18.5. The van der Waals surface area contributed by atoms with Crippen LogP contribution in [0, 0.1) is 5.82 Å². The van der Waals surface area contributed by atoms with Gasteiger partial charge in [-0.2, -0.15) is 0 Å². The Morgan fingerprint density at radius 3 is 3.10 bits per heavy atom. The van der Waals surface area contributed by atoms with Crippen LogP contribution in [-0.2, 0) is 11.3 Å². The molecule has 21 heavy (non-hydrogen) atoms. The molecule has 1 N–H and O–H groups in total. The van der Waals surface area contributed by atoms with Crippen LogP contribution in [0.1, 0.15) is 18.5 Å². The predicted molar refractivity (Wildman–Crippen MR) is 79.8 cm³/mol. The minimum absolute atomic E-state index is 0.138. The smallest absolute Gasteiger partial charge is 0.189 e. The Hall–Kier alpha value is -1.72. The van der Waals surface area contributed by atoms with Gasteiger partial charge in [0.15, 0.2) is 5.43 Å². The Kier molecular flexibility index (Phi) is 4.03. The molecule has 5 heteroatoms. The van der Waals surface area contributed by atoms with Crippen molar-refractivity contribution >= 4 is 10.9 Å². The summed E-state index contributed by atoms with van der Waals surface area (Å²) in [7, 11) is 1.71. The normalized spacial score (nSPS) is 19.4. The molecule has 0 spiro atoms. The van der Waals surface area contributed by atoms with Crippen molar-refractivity contribution in [3.63, 3.8) is 0 Å². The molecular weight excluding hydrogens is 271 g/mol. The van der Waals surface area contributed by atoms with Gasteiger partial charge >= 0.3 is 0 Å². The monoisotopic (exact) mass is 290 g/mol. The first-order valence-electron chi connectivity index (χ1n) is 7.22. The largest absolute Gasteiger partial charge is 0.383 e. The van der Waals surface area contributed by atoms with Gasteiger partial charge < -0.3 is 9.72 Å². The van der Waals surface area contributed by atoms with Crippen molar-refractivity contribution in [1.82, 2.24) is 9.88 Å². The van der Waals surface area contributed by atoms with Crippen molar-refractivity contribution in [2.45, 2.75) is 25.4 Å². The first-order valence-corrected chi connectivity index (χ1v) is 7.22. The number of likely N-dealkylation sites (tertiary alicyclic amines) is 1. The Morgan fingerprint density at radius 2 is 2.29 bits per heavy atom. The number of aromatic amines is 1. The molecular formula is C16H19FN2O2. The number of nitrogens with zero attached hydrogens (tertiary/aromatic N) is 1. The lowest BCUT2D eigenvalue weighted by Gasteiger charge is -2.23. The summed E-state index contributed by atoms with van der Waals surface area (Å²) >= 11 is 0. The molecule has 1 aliphatic rings. The fourth-order valence-corrected chi connectivity index (χ4v) is 3.06. The van der Waals surface area contributed by atoms with E-state index in [1.54, 1.807) is 19.2 Å². The highest BCUT2D eigenvalue weighted by molar-refractivity contribution is 5.78. The summed E-state index contributed by atoms with van der Waals surface area (Å²) in [4.78, 5) is 17.7. The number of rotatable bonds is 4. The van der Waals surface area contributed by atoms with Gasteiger partial charge in [-0.05, 0) is 37.6 Å². The number of hydrogen-bond donors (Lipinski definition) is 1. The van der Waals surface area contributed by atoms with Gasteiger partial charge in [0.2, 0.25) is 0 Å². The maximum absolute atomic E-state index is 13.2.